The molecule has 168 valence electrons. The van der Waals surface area contributed by atoms with Crippen LogP contribution in [0.3, 0.4) is 0 Å². The first-order valence-electron chi connectivity index (χ1n) is 10.9. The minimum Gasteiger partial charge on any atom is -0.482 e. The molecule has 2 aliphatic rings. The number of benzene rings is 2. The second-order valence-corrected chi connectivity index (χ2v) is 7.87. The number of nitrogens with one attached hydrogen (secondary N) is 1. The minimum absolute atomic E-state index is 0.0203. The van der Waals surface area contributed by atoms with Crippen LogP contribution in [0.1, 0.15) is 35.7 Å². The SMILES string of the molecule is CCOC(=O)N1CCC(NC(=O)c2ccc(CN3C(=O)COc4ccccc43)cc2)CC1. The van der Waals surface area contributed by atoms with Crippen molar-refractivity contribution in [3.05, 3.63) is 59.7 Å². The number of rotatable bonds is 5. The number of likely N-dealkylation sites (tertiary alicyclic amines) is 1. The molecule has 32 heavy (non-hydrogen) atoms. The number of anilines is 1. The van der Waals surface area contributed by atoms with E-state index in [0.29, 0.717) is 50.4 Å². The summed E-state index contributed by atoms with van der Waals surface area (Å²) in [4.78, 5) is 40.2. The van der Waals surface area contributed by atoms with Gasteiger partial charge in [-0.05, 0) is 49.6 Å². The molecule has 0 saturated carbocycles. The summed E-state index contributed by atoms with van der Waals surface area (Å²) in [6, 6.07) is 14.8. The van der Waals surface area contributed by atoms with Crippen molar-refractivity contribution in [1.29, 1.82) is 0 Å². The molecule has 1 N–H and O–H groups in total. The van der Waals surface area contributed by atoms with Gasteiger partial charge in [-0.2, -0.15) is 0 Å². The van der Waals surface area contributed by atoms with Gasteiger partial charge in [0.2, 0.25) is 0 Å². The molecule has 0 unspecified atom stereocenters. The van der Waals surface area contributed by atoms with Crippen LogP contribution in [-0.2, 0) is 16.1 Å². The lowest BCUT2D eigenvalue weighted by Crippen LogP contribution is -2.46. The number of carbonyl (C=O) groups excluding carboxylic acids is 3. The smallest absolute Gasteiger partial charge is 0.409 e. The highest BCUT2D eigenvalue weighted by atomic mass is 16.6. The predicted molar refractivity (Wildman–Crippen MR) is 119 cm³/mol. The lowest BCUT2D eigenvalue weighted by atomic mass is 10.0. The van der Waals surface area contributed by atoms with E-state index < -0.39 is 0 Å². The van der Waals surface area contributed by atoms with Crippen LogP contribution in [-0.4, -0.2) is 55.2 Å². The van der Waals surface area contributed by atoms with Crippen LogP contribution in [0.5, 0.6) is 5.75 Å². The molecule has 0 bridgehead atoms. The van der Waals surface area contributed by atoms with Gasteiger partial charge in [0.1, 0.15) is 5.75 Å². The zero-order valence-electron chi connectivity index (χ0n) is 18.1. The Morgan fingerprint density at radius 1 is 1.09 bits per heavy atom. The maximum Gasteiger partial charge on any atom is 0.409 e. The topological polar surface area (TPSA) is 88.2 Å². The van der Waals surface area contributed by atoms with Crippen molar-refractivity contribution in [2.75, 3.05) is 31.2 Å². The van der Waals surface area contributed by atoms with Crippen LogP contribution in [0, 0.1) is 0 Å². The second kappa shape index (κ2) is 9.72. The summed E-state index contributed by atoms with van der Waals surface area (Å²) in [5.74, 6) is 0.454. The van der Waals surface area contributed by atoms with Crippen molar-refractivity contribution >= 4 is 23.6 Å². The highest BCUT2D eigenvalue weighted by Gasteiger charge is 2.26. The Kier molecular flexibility index (Phi) is 6.58. The lowest BCUT2D eigenvalue weighted by molar-refractivity contribution is -0.121. The van der Waals surface area contributed by atoms with Crippen LogP contribution in [0.4, 0.5) is 10.5 Å². The summed E-state index contributed by atoms with van der Waals surface area (Å²) in [5, 5.41) is 3.05. The van der Waals surface area contributed by atoms with E-state index in [2.05, 4.69) is 5.32 Å². The van der Waals surface area contributed by atoms with Gasteiger partial charge in [-0.3, -0.25) is 9.59 Å². The molecule has 8 nitrogen and oxygen atoms in total. The van der Waals surface area contributed by atoms with Crippen molar-refractivity contribution in [3.8, 4) is 5.75 Å². The molecule has 0 atom stereocenters. The molecule has 2 heterocycles. The van der Waals surface area contributed by atoms with Gasteiger partial charge >= 0.3 is 6.09 Å². The van der Waals surface area contributed by atoms with Crippen molar-refractivity contribution < 1.29 is 23.9 Å². The van der Waals surface area contributed by atoms with Crippen molar-refractivity contribution in [2.45, 2.75) is 32.4 Å². The molecule has 1 fully saturated rings. The van der Waals surface area contributed by atoms with Gasteiger partial charge in [-0.1, -0.05) is 24.3 Å². The highest BCUT2D eigenvalue weighted by molar-refractivity contribution is 5.98. The third-order valence-electron chi connectivity index (χ3n) is 5.72. The number of hydrogen-bond donors (Lipinski definition) is 1. The average molecular weight is 437 g/mol. The van der Waals surface area contributed by atoms with E-state index in [1.54, 1.807) is 28.9 Å². The number of hydrogen-bond acceptors (Lipinski definition) is 5. The maximum atomic E-state index is 12.7. The standard InChI is InChI=1S/C24H27N3O5/c1-2-31-24(30)26-13-11-19(12-14-26)25-23(29)18-9-7-17(8-10-18)15-27-20-5-3-4-6-21(20)32-16-22(27)28/h3-10,19H,2,11-16H2,1H3,(H,25,29). The van der Waals surface area contributed by atoms with E-state index in [0.717, 1.165) is 11.3 Å². The van der Waals surface area contributed by atoms with Gasteiger partial charge in [0.15, 0.2) is 6.61 Å². The Hall–Kier alpha value is -3.55. The molecular formula is C24H27N3O5. The van der Waals surface area contributed by atoms with E-state index in [1.165, 1.54) is 0 Å². The molecule has 0 spiro atoms. The number of nitrogens with zero attached hydrogens (tertiary/aromatic N) is 2. The summed E-state index contributed by atoms with van der Waals surface area (Å²) < 4.78 is 10.5. The van der Waals surface area contributed by atoms with Crippen molar-refractivity contribution in [2.24, 2.45) is 0 Å². The van der Waals surface area contributed by atoms with Gasteiger partial charge in [0.05, 0.1) is 18.8 Å². The Morgan fingerprint density at radius 2 is 1.81 bits per heavy atom. The first kappa shape index (κ1) is 21.7. The molecule has 1 saturated heterocycles. The van der Waals surface area contributed by atoms with E-state index >= 15 is 0 Å². The van der Waals surface area contributed by atoms with E-state index in [-0.39, 0.29) is 30.6 Å². The molecule has 4 rings (SSSR count). The molecule has 0 aliphatic carbocycles. The Labute approximate surface area is 187 Å². The van der Waals surface area contributed by atoms with Crippen LogP contribution < -0.4 is 15.0 Å². The van der Waals surface area contributed by atoms with Gasteiger partial charge in [0.25, 0.3) is 11.8 Å². The summed E-state index contributed by atoms with van der Waals surface area (Å²) in [5.41, 5.74) is 2.24. The van der Waals surface area contributed by atoms with E-state index in [4.69, 9.17) is 9.47 Å². The molecular weight excluding hydrogens is 410 g/mol. The minimum atomic E-state index is -0.297. The molecule has 8 heteroatoms. The fourth-order valence-corrected chi connectivity index (χ4v) is 3.96. The monoisotopic (exact) mass is 437 g/mol. The molecule has 0 aromatic heterocycles. The zero-order valence-corrected chi connectivity index (χ0v) is 18.1. The fourth-order valence-electron chi connectivity index (χ4n) is 3.96. The van der Waals surface area contributed by atoms with Crippen molar-refractivity contribution in [1.82, 2.24) is 10.2 Å². The summed E-state index contributed by atoms with van der Waals surface area (Å²) in [6.07, 6.45) is 1.09. The van der Waals surface area contributed by atoms with Gasteiger partial charge < -0.3 is 24.6 Å². The van der Waals surface area contributed by atoms with E-state index in [1.807, 2.05) is 36.4 Å². The fraction of sp³-hybridized carbons (Fsp3) is 0.375. The molecule has 3 amide bonds. The average Bonchev–Trinajstić information content (AvgIpc) is 2.82. The summed E-state index contributed by atoms with van der Waals surface area (Å²) in [7, 11) is 0. The Morgan fingerprint density at radius 3 is 2.53 bits per heavy atom. The lowest BCUT2D eigenvalue weighted by Gasteiger charge is -2.31. The molecule has 2 aromatic carbocycles. The summed E-state index contributed by atoms with van der Waals surface area (Å²) in [6.45, 7) is 3.71. The molecule has 2 aliphatic heterocycles. The number of fused-ring (bicyclic) bond motifs is 1. The number of para-hydroxylation sites is 2. The normalized spacial score (nSPS) is 16.2. The van der Waals surface area contributed by atoms with Crippen LogP contribution in [0.2, 0.25) is 0 Å². The molecule has 0 radical (unpaired) electrons. The van der Waals surface area contributed by atoms with Crippen LogP contribution in [0.25, 0.3) is 0 Å². The highest BCUT2D eigenvalue weighted by Crippen LogP contribution is 2.32. The maximum absolute atomic E-state index is 12.7. The number of amides is 3. The Balaban J connectivity index is 1.33. The first-order chi connectivity index (χ1) is 15.5. The van der Waals surface area contributed by atoms with Crippen LogP contribution in [0.15, 0.2) is 48.5 Å². The van der Waals surface area contributed by atoms with Crippen LogP contribution >= 0.6 is 0 Å². The predicted octanol–water partition coefficient (Wildman–Crippen LogP) is 2.96. The number of piperidine rings is 1. The first-order valence-corrected chi connectivity index (χ1v) is 10.9. The largest absolute Gasteiger partial charge is 0.482 e. The number of ether oxygens (including phenoxy) is 2. The van der Waals surface area contributed by atoms with Gasteiger partial charge in [0, 0.05) is 24.7 Å². The van der Waals surface area contributed by atoms with Crippen molar-refractivity contribution in [3.63, 3.8) is 0 Å². The third kappa shape index (κ3) is 4.85. The Bertz CT molecular complexity index is 983. The van der Waals surface area contributed by atoms with Gasteiger partial charge in [-0.15, -0.1) is 0 Å². The van der Waals surface area contributed by atoms with Gasteiger partial charge in [-0.25, -0.2) is 4.79 Å². The third-order valence-corrected chi connectivity index (χ3v) is 5.72. The zero-order chi connectivity index (χ0) is 22.5. The number of carbonyl (C=O) groups is 3. The van der Waals surface area contributed by atoms with E-state index in [9.17, 15) is 14.4 Å². The molecule has 2 aromatic rings. The quantitative estimate of drug-likeness (QED) is 0.777. The summed E-state index contributed by atoms with van der Waals surface area (Å²) >= 11 is 0. The second-order valence-electron chi connectivity index (χ2n) is 7.87.